The van der Waals surface area contributed by atoms with Gasteiger partial charge in [0.25, 0.3) is 0 Å². The molecular formula is C19H25N5O3. The van der Waals surface area contributed by atoms with E-state index in [2.05, 4.69) is 20.6 Å². The Balaban J connectivity index is 1.56. The lowest BCUT2D eigenvalue weighted by Crippen LogP contribution is -2.44. The van der Waals surface area contributed by atoms with Crippen molar-refractivity contribution in [2.75, 3.05) is 37.9 Å². The first-order valence-corrected chi connectivity index (χ1v) is 8.93. The summed E-state index contributed by atoms with van der Waals surface area (Å²) in [5, 5.41) is 6.34. The summed E-state index contributed by atoms with van der Waals surface area (Å²) in [4.78, 5) is 22.8. The molecule has 0 radical (unpaired) electrons. The number of para-hydroxylation sites is 1. The first kappa shape index (κ1) is 18.8. The minimum absolute atomic E-state index is 0.141. The first-order chi connectivity index (χ1) is 13.1. The minimum Gasteiger partial charge on any atom is -0.493 e. The first-order valence-electron chi connectivity index (χ1n) is 8.93. The number of piperidine rings is 1. The molecule has 8 nitrogen and oxygen atoms in total. The molecule has 8 heteroatoms. The van der Waals surface area contributed by atoms with Crippen molar-refractivity contribution in [3.8, 4) is 11.5 Å². The van der Waals surface area contributed by atoms with Crippen LogP contribution in [-0.2, 0) is 0 Å². The van der Waals surface area contributed by atoms with Crippen LogP contribution < -0.4 is 20.1 Å². The molecule has 1 fully saturated rings. The third-order valence-electron chi connectivity index (χ3n) is 4.58. The number of urea groups is 1. The lowest BCUT2D eigenvalue weighted by atomic mass is 10.1. The van der Waals surface area contributed by atoms with E-state index in [0.717, 1.165) is 24.4 Å². The molecule has 0 spiro atoms. The number of hydrogen-bond donors (Lipinski definition) is 2. The lowest BCUT2D eigenvalue weighted by Gasteiger charge is -2.32. The number of nitrogens with one attached hydrogen (secondary N) is 2. The topological polar surface area (TPSA) is 88.6 Å². The Labute approximate surface area is 158 Å². The zero-order chi connectivity index (χ0) is 19.2. The molecule has 27 heavy (non-hydrogen) atoms. The van der Waals surface area contributed by atoms with Gasteiger partial charge < -0.3 is 25.0 Å². The fraction of sp³-hybridized carbons (Fsp3) is 0.421. The number of likely N-dealkylation sites (tertiary alicyclic amines) is 1. The highest BCUT2D eigenvalue weighted by molar-refractivity contribution is 5.91. The largest absolute Gasteiger partial charge is 0.493 e. The van der Waals surface area contributed by atoms with Gasteiger partial charge in [0.1, 0.15) is 12.1 Å². The summed E-state index contributed by atoms with van der Waals surface area (Å²) in [6.45, 7) is 3.27. The van der Waals surface area contributed by atoms with Crippen LogP contribution in [0, 0.1) is 6.92 Å². The van der Waals surface area contributed by atoms with Crippen LogP contribution in [0.1, 0.15) is 18.5 Å². The highest BCUT2D eigenvalue weighted by Crippen LogP contribution is 2.34. The second-order valence-corrected chi connectivity index (χ2v) is 6.42. The van der Waals surface area contributed by atoms with Crippen molar-refractivity contribution < 1.29 is 14.3 Å². The average molecular weight is 371 g/mol. The Kier molecular flexibility index (Phi) is 5.95. The van der Waals surface area contributed by atoms with Crippen LogP contribution in [0.5, 0.6) is 11.5 Å². The van der Waals surface area contributed by atoms with E-state index in [1.54, 1.807) is 32.7 Å². The summed E-state index contributed by atoms with van der Waals surface area (Å²) < 4.78 is 10.6. The van der Waals surface area contributed by atoms with E-state index in [1.165, 1.54) is 0 Å². The third-order valence-corrected chi connectivity index (χ3v) is 4.58. The standard InChI is InChI=1S/C19H25N5O3/c1-13-11-17(21-12-20-13)22-14-7-9-24(10-8-14)19(25)23-15-5-4-6-16(26-2)18(15)27-3/h4-6,11-12,14H,7-10H2,1-3H3,(H,23,25)(H,20,21,22). The molecule has 0 bridgehead atoms. The fourth-order valence-corrected chi connectivity index (χ4v) is 3.15. The van der Waals surface area contributed by atoms with E-state index >= 15 is 0 Å². The summed E-state index contributed by atoms with van der Waals surface area (Å²) in [6.07, 6.45) is 3.26. The maximum Gasteiger partial charge on any atom is 0.321 e. The zero-order valence-corrected chi connectivity index (χ0v) is 15.9. The van der Waals surface area contributed by atoms with Crippen molar-refractivity contribution in [1.29, 1.82) is 0 Å². The molecule has 144 valence electrons. The Bertz CT molecular complexity index is 791. The molecule has 0 saturated carbocycles. The molecule has 1 aromatic heterocycles. The number of rotatable bonds is 5. The molecule has 2 heterocycles. The van der Waals surface area contributed by atoms with Gasteiger partial charge in [0.2, 0.25) is 0 Å². The van der Waals surface area contributed by atoms with Gasteiger partial charge >= 0.3 is 6.03 Å². The Morgan fingerprint density at radius 1 is 1.19 bits per heavy atom. The molecule has 1 aromatic carbocycles. The van der Waals surface area contributed by atoms with Crippen LogP contribution in [0.3, 0.4) is 0 Å². The highest BCUT2D eigenvalue weighted by Gasteiger charge is 2.24. The van der Waals surface area contributed by atoms with Crippen molar-refractivity contribution in [3.63, 3.8) is 0 Å². The molecule has 1 saturated heterocycles. The smallest absolute Gasteiger partial charge is 0.321 e. The van der Waals surface area contributed by atoms with Crippen LogP contribution in [-0.4, -0.2) is 54.2 Å². The molecule has 2 aromatic rings. The maximum atomic E-state index is 12.6. The van der Waals surface area contributed by atoms with E-state index < -0.39 is 0 Å². The van der Waals surface area contributed by atoms with Crippen molar-refractivity contribution in [2.24, 2.45) is 0 Å². The molecule has 2 N–H and O–H groups in total. The second kappa shape index (κ2) is 8.57. The monoisotopic (exact) mass is 371 g/mol. The maximum absolute atomic E-state index is 12.6. The number of anilines is 2. The van der Waals surface area contributed by atoms with E-state index in [4.69, 9.17) is 9.47 Å². The van der Waals surface area contributed by atoms with Gasteiger partial charge in [0.05, 0.1) is 19.9 Å². The lowest BCUT2D eigenvalue weighted by molar-refractivity contribution is 0.197. The molecule has 0 aliphatic carbocycles. The van der Waals surface area contributed by atoms with Crippen LogP contribution in [0.25, 0.3) is 0 Å². The van der Waals surface area contributed by atoms with Gasteiger partial charge in [-0.25, -0.2) is 14.8 Å². The normalized spacial score (nSPS) is 14.6. The van der Waals surface area contributed by atoms with Gasteiger partial charge in [0, 0.05) is 30.9 Å². The molecule has 1 aliphatic rings. The van der Waals surface area contributed by atoms with Gasteiger partial charge in [-0.1, -0.05) is 6.07 Å². The molecule has 2 amide bonds. The minimum atomic E-state index is -0.141. The number of carbonyl (C=O) groups excluding carboxylic acids is 1. The summed E-state index contributed by atoms with van der Waals surface area (Å²) >= 11 is 0. The number of ether oxygens (including phenoxy) is 2. The number of benzene rings is 1. The summed E-state index contributed by atoms with van der Waals surface area (Å²) in [5.41, 5.74) is 1.52. The van der Waals surface area contributed by atoms with Gasteiger partial charge in [-0.3, -0.25) is 0 Å². The summed E-state index contributed by atoms with van der Waals surface area (Å²) in [6, 6.07) is 7.48. The van der Waals surface area contributed by atoms with E-state index in [1.807, 2.05) is 24.0 Å². The molecule has 0 unspecified atom stereocenters. The number of nitrogens with zero attached hydrogens (tertiary/aromatic N) is 3. The number of amides is 2. The average Bonchev–Trinajstić information content (AvgIpc) is 2.68. The van der Waals surface area contributed by atoms with Gasteiger partial charge in [0.15, 0.2) is 11.5 Å². The number of methoxy groups -OCH3 is 2. The number of hydrogen-bond acceptors (Lipinski definition) is 6. The number of aryl methyl sites for hydroxylation is 1. The predicted molar refractivity (Wildman–Crippen MR) is 104 cm³/mol. The van der Waals surface area contributed by atoms with Crippen LogP contribution in [0.4, 0.5) is 16.3 Å². The number of carbonyl (C=O) groups is 1. The van der Waals surface area contributed by atoms with Crippen LogP contribution >= 0.6 is 0 Å². The Morgan fingerprint density at radius 3 is 2.63 bits per heavy atom. The van der Waals surface area contributed by atoms with Crippen molar-refractivity contribution in [2.45, 2.75) is 25.8 Å². The summed E-state index contributed by atoms with van der Waals surface area (Å²) in [7, 11) is 3.12. The van der Waals surface area contributed by atoms with Crippen LogP contribution in [0.15, 0.2) is 30.6 Å². The Morgan fingerprint density at radius 2 is 1.96 bits per heavy atom. The fourth-order valence-electron chi connectivity index (χ4n) is 3.15. The summed E-state index contributed by atoms with van der Waals surface area (Å²) in [5.74, 6) is 1.92. The van der Waals surface area contributed by atoms with Gasteiger partial charge in [-0.2, -0.15) is 0 Å². The van der Waals surface area contributed by atoms with E-state index in [-0.39, 0.29) is 12.1 Å². The third kappa shape index (κ3) is 4.58. The van der Waals surface area contributed by atoms with Gasteiger partial charge in [-0.15, -0.1) is 0 Å². The van der Waals surface area contributed by atoms with Crippen molar-refractivity contribution in [3.05, 3.63) is 36.3 Å². The SMILES string of the molecule is COc1cccc(NC(=O)N2CCC(Nc3cc(C)ncn3)CC2)c1OC. The van der Waals surface area contributed by atoms with E-state index in [9.17, 15) is 4.79 Å². The molecule has 1 aliphatic heterocycles. The Hall–Kier alpha value is -3.03. The molecular weight excluding hydrogens is 346 g/mol. The van der Waals surface area contributed by atoms with E-state index in [0.29, 0.717) is 30.3 Å². The highest BCUT2D eigenvalue weighted by atomic mass is 16.5. The second-order valence-electron chi connectivity index (χ2n) is 6.42. The quantitative estimate of drug-likeness (QED) is 0.840. The van der Waals surface area contributed by atoms with Crippen molar-refractivity contribution in [1.82, 2.24) is 14.9 Å². The van der Waals surface area contributed by atoms with Gasteiger partial charge in [-0.05, 0) is 31.9 Å². The zero-order valence-electron chi connectivity index (χ0n) is 15.9. The van der Waals surface area contributed by atoms with Crippen molar-refractivity contribution >= 4 is 17.5 Å². The van der Waals surface area contributed by atoms with Crippen LogP contribution in [0.2, 0.25) is 0 Å². The predicted octanol–water partition coefficient (Wildman–Crippen LogP) is 2.91. The molecule has 3 rings (SSSR count). The number of aromatic nitrogens is 2. The molecule has 0 atom stereocenters.